The second-order valence-electron chi connectivity index (χ2n) is 5.48. The third-order valence-electron chi connectivity index (χ3n) is 4.32. The number of nitrogens with zero attached hydrogens (tertiary/aromatic N) is 1. The Bertz CT molecular complexity index is 506. The monoisotopic (exact) mass is 251 g/mol. The summed E-state index contributed by atoms with van der Waals surface area (Å²) in [7, 11) is 0. The van der Waals surface area contributed by atoms with Crippen LogP contribution in [0.15, 0.2) is 60.7 Å². The summed E-state index contributed by atoms with van der Waals surface area (Å²) in [5.41, 5.74) is 2.92. The first-order chi connectivity index (χ1) is 9.34. The third kappa shape index (κ3) is 2.71. The molecule has 1 aliphatic rings. The fraction of sp³-hybridized carbons (Fsp3) is 0.333. The molecule has 3 rings (SSSR count). The van der Waals surface area contributed by atoms with Gasteiger partial charge in [-0.15, -0.1) is 0 Å². The summed E-state index contributed by atoms with van der Waals surface area (Å²) < 4.78 is 0. The molecular formula is C18H21N. The van der Waals surface area contributed by atoms with Gasteiger partial charge in [0.05, 0.1) is 0 Å². The van der Waals surface area contributed by atoms with Crippen LogP contribution in [0, 0.1) is 0 Å². The zero-order valence-corrected chi connectivity index (χ0v) is 11.5. The lowest BCUT2D eigenvalue weighted by Crippen LogP contribution is -2.24. The zero-order valence-electron chi connectivity index (χ0n) is 11.5. The molecule has 0 spiro atoms. The van der Waals surface area contributed by atoms with E-state index in [0.717, 1.165) is 0 Å². The summed E-state index contributed by atoms with van der Waals surface area (Å²) in [4.78, 5) is 2.60. The van der Waals surface area contributed by atoms with E-state index in [9.17, 15) is 0 Å². The van der Waals surface area contributed by atoms with Crippen molar-refractivity contribution < 1.29 is 0 Å². The number of hydrogen-bond donors (Lipinski definition) is 0. The topological polar surface area (TPSA) is 3.24 Å². The molecule has 2 aromatic carbocycles. The molecule has 1 aliphatic heterocycles. The van der Waals surface area contributed by atoms with Gasteiger partial charge in [-0.1, -0.05) is 60.7 Å². The summed E-state index contributed by atoms with van der Waals surface area (Å²) in [5, 5.41) is 0. The Hall–Kier alpha value is -1.60. The van der Waals surface area contributed by atoms with Gasteiger partial charge in [-0.2, -0.15) is 0 Å². The molecule has 1 unspecified atom stereocenters. The van der Waals surface area contributed by atoms with Gasteiger partial charge < -0.3 is 0 Å². The van der Waals surface area contributed by atoms with Crippen LogP contribution in [0.25, 0.3) is 0 Å². The van der Waals surface area contributed by atoms with Crippen molar-refractivity contribution in [3.05, 3.63) is 71.8 Å². The first-order valence-corrected chi connectivity index (χ1v) is 7.18. The van der Waals surface area contributed by atoms with Crippen LogP contribution in [0.5, 0.6) is 0 Å². The zero-order chi connectivity index (χ0) is 13.1. The highest BCUT2D eigenvalue weighted by molar-refractivity contribution is 5.23. The van der Waals surface area contributed by atoms with Crippen molar-refractivity contribution in [3.8, 4) is 0 Å². The van der Waals surface area contributed by atoms with Crippen molar-refractivity contribution >= 4 is 0 Å². The lowest BCUT2D eigenvalue weighted by Gasteiger charge is -2.24. The molecule has 0 radical (unpaired) electrons. The Morgan fingerprint density at radius 3 is 2.26 bits per heavy atom. The molecular weight excluding hydrogens is 230 g/mol. The number of rotatable bonds is 3. The summed E-state index contributed by atoms with van der Waals surface area (Å²) in [6, 6.07) is 22.3. The molecule has 2 aromatic rings. The van der Waals surface area contributed by atoms with Gasteiger partial charge in [-0.3, -0.25) is 4.90 Å². The maximum absolute atomic E-state index is 2.60. The van der Waals surface area contributed by atoms with E-state index in [1.54, 1.807) is 0 Å². The van der Waals surface area contributed by atoms with E-state index in [0.29, 0.717) is 12.0 Å². The van der Waals surface area contributed by atoms with Crippen LogP contribution in [-0.2, 0) is 0 Å². The van der Waals surface area contributed by atoms with Gasteiger partial charge in [0.25, 0.3) is 0 Å². The minimum atomic E-state index is 0.523. The number of benzene rings is 2. The standard InChI is InChI=1S/C18H21N/c1-15(16-8-4-2-5-9-16)19-13-12-18(14-19)17-10-6-3-7-11-17/h2-11,15,18H,12-14H2,1H3/t15-,18?/m1/s1. The van der Waals surface area contributed by atoms with Gasteiger partial charge in [-0.05, 0) is 36.9 Å². The van der Waals surface area contributed by atoms with Crippen molar-refractivity contribution in [3.63, 3.8) is 0 Å². The summed E-state index contributed by atoms with van der Waals surface area (Å²) >= 11 is 0. The van der Waals surface area contributed by atoms with Gasteiger partial charge in [0, 0.05) is 12.6 Å². The predicted octanol–water partition coefficient (Wildman–Crippen LogP) is 4.24. The summed E-state index contributed by atoms with van der Waals surface area (Å²) in [6.07, 6.45) is 1.28. The van der Waals surface area contributed by atoms with Crippen LogP contribution in [-0.4, -0.2) is 18.0 Å². The van der Waals surface area contributed by atoms with E-state index in [1.165, 1.54) is 30.6 Å². The molecule has 0 saturated carbocycles. The first-order valence-electron chi connectivity index (χ1n) is 7.18. The second-order valence-corrected chi connectivity index (χ2v) is 5.48. The third-order valence-corrected chi connectivity index (χ3v) is 4.32. The van der Waals surface area contributed by atoms with Crippen molar-refractivity contribution in [1.82, 2.24) is 4.90 Å². The number of likely N-dealkylation sites (tertiary alicyclic amines) is 1. The molecule has 19 heavy (non-hydrogen) atoms. The molecule has 0 bridgehead atoms. The summed E-state index contributed by atoms with van der Waals surface area (Å²) in [6.45, 7) is 4.71. The largest absolute Gasteiger partial charge is 0.296 e. The SMILES string of the molecule is C[C@H](c1ccccc1)N1CCC(c2ccccc2)C1. The fourth-order valence-electron chi connectivity index (χ4n) is 3.08. The molecule has 0 amide bonds. The van der Waals surface area contributed by atoms with Crippen LogP contribution in [0.1, 0.15) is 36.4 Å². The predicted molar refractivity (Wildman–Crippen MR) is 80.2 cm³/mol. The summed E-state index contributed by atoms with van der Waals surface area (Å²) in [5.74, 6) is 0.701. The van der Waals surface area contributed by atoms with Crippen molar-refractivity contribution in [1.29, 1.82) is 0 Å². The van der Waals surface area contributed by atoms with E-state index >= 15 is 0 Å². The van der Waals surface area contributed by atoms with E-state index in [4.69, 9.17) is 0 Å². The lowest BCUT2D eigenvalue weighted by atomic mass is 9.98. The highest BCUT2D eigenvalue weighted by Gasteiger charge is 2.27. The van der Waals surface area contributed by atoms with E-state index < -0.39 is 0 Å². The van der Waals surface area contributed by atoms with Gasteiger partial charge >= 0.3 is 0 Å². The van der Waals surface area contributed by atoms with Crippen LogP contribution < -0.4 is 0 Å². The van der Waals surface area contributed by atoms with Crippen LogP contribution in [0.4, 0.5) is 0 Å². The first kappa shape index (κ1) is 12.4. The maximum atomic E-state index is 2.60. The van der Waals surface area contributed by atoms with E-state index in [-0.39, 0.29) is 0 Å². The van der Waals surface area contributed by atoms with Crippen molar-refractivity contribution in [2.45, 2.75) is 25.3 Å². The van der Waals surface area contributed by atoms with Gasteiger partial charge in [0.2, 0.25) is 0 Å². The maximum Gasteiger partial charge on any atom is 0.0320 e. The van der Waals surface area contributed by atoms with Gasteiger partial charge in [0.1, 0.15) is 0 Å². The Kier molecular flexibility index (Phi) is 3.65. The molecule has 2 atom stereocenters. The number of hydrogen-bond acceptors (Lipinski definition) is 1. The Labute approximate surface area is 115 Å². The van der Waals surface area contributed by atoms with Crippen molar-refractivity contribution in [2.75, 3.05) is 13.1 Å². The molecule has 1 nitrogen and oxygen atoms in total. The molecule has 0 aromatic heterocycles. The van der Waals surface area contributed by atoms with Gasteiger partial charge in [-0.25, -0.2) is 0 Å². The Morgan fingerprint density at radius 2 is 1.58 bits per heavy atom. The normalized spacial score (nSPS) is 21.4. The minimum absolute atomic E-state index is 0.523. The molecule has 98 valence electrons. The Balaban J connectivity index is 1.69. The Morgan fingerprint density at radius 1 is 0.947 bits per heavy atom. The van der Waals surface area contributed by atoms with E-state index in [1.807, 2.05) is 0 Å². The molecule has 0 N–H and O–H groups in total. The lowest BCUT2D eigenvalue weighted by molar-refractivity contribution is 0.260. The molecule has 1 heteroatoms. The van der Waals surface area contributed by atoms with E-state index in [2.05, 4.69) is 72.5 Å². The molecule has 0 aliphatic carbocycles. The van der Waals surface area contributed by atoms with Gasteiger partial charge in [0.15, 0.2) is 0 Å². The highest BCUT2D eigenvalue weighted by Crippen LogP contribution is 2.32. The minimum Gasteiger partial charge on any atom is -0.296 e. The highest BCUT2D eigenvalue weighted by atomic mass is 15.2. The second kappa shape index (κ2) is 5.58. The average Bonchev–Trinajstić information content (AvgIpc) is 2.98. The average molecular weight is 251 g/mol. The smallest absolute Gasteiger partial charge is 0.0320 e. The van der Waals surface area contributed by atoms with Crippen molar-refractivity contribution in [2.24, 2.45) is 0 Å². The van der Waals surface area contributed by atoms with Crippen LogP contribution >= 0.6 is 0 Å². The quantitative estimate of drug-likeness (QED) is 0.788. The fourth-order valence-corrected chi connectivity index (χ4v) is 3.08. The molecule has 1 saturated heterocycles. The van der Waals surface area contributed by atoms with Crippen LogP contribution in [0.3, 0.4) is 0 Å². The molecule has 1 heterocycles. The molecule has 1 fully saturated rings. The van der Waals surface area contributed by atoms with Crippen LogP contribution in [0.2, 0.25) is 0 Å².